The van der Waals surface area contributed by atoms with E-state index in [0.717, 1.165) is 34.0 Å². The van der Waals surface area contributed by atoms with Crippen LogP contribution in [0.3, 0.4) is 0 Å². The lowest BCUT2D eigenvalue weighted by atomic mass is 9.97. The molecule has 0 aliphatic heterocycles. The molecule has 160 valence electrons. The summed E-state index contributed by atoms with van der Waals surface area (Å²) >= 11 is 5.06. The normalized spacial score (nSPS) is 11.7. The van der Waals surface area contributed by atoms with Gasteiger partial charge in [0.1, 0.15) is 0 Å². The molecule has 0 aliphatic carbocycles. The summed E-state index contributed by atoms with van der Waals surface area (Å²) in [7, 11) is 0. The lowest BCUT2D eigenvalue weighted by Gasteiger charge is -2.11. The van der Waals surface area contributed by atoms with Crippen LogP contribution in [-0.4, -0.2) is 25.0 Å². The highest BCUT2D eigenvalue weighted by atomic mass is 79.9. The van der Waals surface area contributed by atoms with Gasteiger partial charge in [-0.1, -0.05) is 90.9 Å². The van der Waals surface area contributed by atoms with E-state index in [0.29, 0.717) is 17.5 Å². The van der Waals surface area contributed by atoms with Crippen LogP contribution < -0.4 is 0 Å². The largest absolute Gasteiger partial charge is 0.424 e. The van der Waals surface area contributed by atoms with Crippen molar-refractivity contribution in [1.82, 2.24) is 25.0 Å². The number of hydrogen-bond acceptors (Lipinski definition) is 6. The molecule has 0 amide bonds. The summed E-state index contributed by atoms with van der Waals surface area (Å²) < 4.78 is 9.04. The van der Waals surface area contributed by atoms with Crippen LogP contribution in [0.25, 0.3) is 11.4 Å². The van der Waals surface area contributed by atoms with Crippen molar-refractivity contribution in [2.75, 3.05) is 0 Å². The first kappa shape index (κ1) is 21.8. The number of rotatable bonds is 7. The summed E-state index contributed by atoms with van der Waals surface area (Å²) in [4.78, 5) is 0. The SMILES string of the molecule is CC(C)(C)c1nnc(CSc2nnc(-c3ccc(Br)cc3)n2CCc2ccccc2)o1. The van der Waals surface area contributed by atoms with Crippen LogP contribution in [0.2, 0.25) is 0 Å². The molecule has 31 heavy (non-hydrogen) atoms. The van der Waals surface area contributed by atoms with E-state index in [1.54, 1.807) is 11.8 Å². The Morgan fingerprint density at radius 2 is 1.68 bits per heavy atom. The maximum Gasteiger partial charge on any atom is 0.226 e. The molecule has 2 aromatic heterocycles. The van der Waals surface area contributed by atoms with Crippen LogP contribution in [0.1, 0.15) is 38.1 Å². The van der Waals surface area contributed by atoms with Gasteiger partial charge in [0.05, 0.1) is 5.75 Å². The second kappa shape index (κ2) is 9.36. The molecule has 2 heterocycles. The van der Waals surface area contributed by atoms with Crippen LogP contribution in [0.15, 0.2) is 68.6 Å². The zero-order valence-electron chi connectivity index (χ0n) is 17.7. The van der Waals surface area contributed by atoms with Gasteiger partial charge in [0.25, 0.3) is 0 Å². The quantitative estimate of drug-likeness (QED) is 0.295. The predicted octanol–water partition coefficient (Wildman–Crippen LogP) is 5.92. The first-order chi connectivity index (χ1) is 14.9. The Kier molecular flexibility index (Phi) is 6.57. The highest BCUT2D eigenvalue weighted by molar-refractivity contribution is 9.10. The third kappa shape index (κ3) is 5.43. The van der Waals surface area contributed by atoms with E-state index >= 15 is 0 Å². The van der Waals surface area contributed by atoms with E-state index < -0.39 is 0 Å². The summed E-state index contributed by atoms with van der Waals surface area (Å²) in [5.41, 5.74) is 2.14. The molecule has 0 bridgehead atoms. The van der Waals surface area contributed by atoms with E-state index in [9.17, 15) is 0 Å². The van der Waals surface area contributed by atoms with E-state index in [-0.39, 0.29) is 5.41 Å². The van der Waals surface area contributed by atoms with Crippen LogP contribution in [-0.2, 0) is 24.1 Å². The van der Waals surface area contributed by atoms with Gasteiger partial charge in [-0.15, -0.1) is 20.4 Å². The Morgan fingerprint density at radius 3 is 2.35 bits per heavy atom. The maximum absolute atomic E-state index is 5.84. The highest BCUT2D eigenvalue weighted by Gasteiger charge is 2.22. The first-order valence-corrected chi connectivity index (χ1v) is 11.9. The second-order valence-electron chi connectivity index (χ2n) is 8.24. The summed E-state index contributed by atoms with van der Waals surface area (Å²) in [5.74, 6) is 2.64. The molecule has 0 atom stereocenters. The number of aromatic nitrogens is 5. The zero-order valence-corrected chi connectivity index (χ0v) is 20.2. The number of aryl methyl sites for hydroxylation is 1. The van der Waals surface area contributed by atoms with Crippen LogP contribution in [0, 0.1) is 0 Å². The second-order valence-corrected chi connectivity index (χ2v) is 10.1. The summed E-state index contributed by atoms with van der Waals surface area (Å²) in [6, 6.07) is 18.6. The molecule has 0 aliphatic rings. The third-order valence-corrected chi connectivity index (χ3v) is 6.20. The zero-order chi connectivity index (χ0) is 21.8. The molecule has 0 fully saturated rings. The Morgan fingerprint density at radius 1 is 0.935 bits per heavy atom. The van der Waals surface area contributed by atoms with Gasteiger partial charge in [0.15, 0.2) is 11.0 Å². The maximum atomic E-state index is 5.84. The average molecular weight is 498 g/mol. The highest BCUT2D eigenvalue weighted by Crippen LogP contribution is 2.28. The van der Waals surface area contributed by atoms with Crippen molar-refractivity contribution in [3.05, 3.63) is 76.4 Å². The van der Waals surface area contributed by atoms with Gasteiger partial charge in [-0.2, -0.15) is 0 Å². The van der Waals surface area contributed by atoms with Crippen molar-refractivity contribution in [2.24, 2.45) is 0 Å². The third-order valence-electron chi connectivity index (χ3n) is 4.72. The van der Waals surface area contributed by atoms with Crippen molar-refractivity contribution in [3.8, 4) is 11.4 Å². The van der Waals surface area contributed by atoms with E-state index in [1.165, 1.54) is 5.56 Å². The molecular weight excluding hydrogens is 474 g/mol. The van der Waals surface area contributed by atoms with Crippen molar-refractivity contribution < 1.29 is 4.42 Å². The summed E-state index contributed by atoms with van der Waals surface area (Å²) in [5, 5.41) is 18.2. The number of benzene rings is 2. The summed E-state index contributed by atoms with van der Waals surface area (Å²) in [6.45, 7) is 6.95. The fourth-order valence-corrected chi connectivity index (χ4v) is 4.10. The fourth-order valence-electron chi connectivity index (χ4n) is 3.04. The fraction of sp³-hybridized carbons (Fsp3) is 0.304. The molecule has 0 spiro atoms. The Labute approximate surface area is 194 Å². The molecule has 8 heteroatoms. The van der Waals surface area contributed by atoms with E-state index in [1.807, 2.05) is 18.2 Å². The van der Waals surface area contributed by atoms with Crippen LogP contribution >= 0.6 is 27.7 Å². The van der Waals surface area contributed by atoms with Gasteiger partial charge in [0.2, 0.25) is 11.8 Å². The van der Waals surface area contributed by atoms with E-state index in [4.69, 9.17) is 4.42 Å². The summed E-state index contributed by atoms with van der Waals surface area (Å²) in [6.07, 6.45) is 0.894. The average Bonchev–Trinajstić information content (AvgIpc) is 3.39. The molecule has 6 nitrogen and oxygen atoms in total. The minimum Gasteiger partial charge on any atom is -0.424 e. The number of halogens is 1. The molecule has 4 aromatic rings. The van der Waals surface area contributed by atoms with E-state index in [2.05, 4.69) is 98.1 Å². The molecule has 0 unspecified atom stereocenters. The standard InChI is InChI=1S/C23H24BrN5OS/c1-23(2,3)21-27-25-19(30-21)15-31-22-28-26-20(17-9-11-18(24)12-10-17)29(22)14-13-16-7-5-4-6-8-16/h4-12H,13-15H2,1-3H3. The molecule has 0 radical (unpaired) electrons. The van der Waals surface area contributed by atoms with Crippen molar-refractivity contribution in [1.29, 1.82) is 0 Å². The number of hydrogen-bond donors (Lipinski definition) is 0. The van der Waals surface area contributed by atoms with Gasteiger partial charge in [0, 0.05) is 22.0 Å². The monoisotopic (exact) mass is 497 g/mol. The van der Waals surface area contributed by atoms with Gasteiger partial charge < -0.3 is 8.98 Å². The Balaban J connectivity index is 1.57. The number of nitrogens with zero attached hydrogens (tertiary/aromatic N) is 5. The van der Waals surface area contributed by atoms with Gasteiger partial charge in [-0.25, -0.2) is 0 Å². The van der Waals surface area contributed by atoms with Crippen molar-refractivity contribution in [3.63, 3.8) is 0 Å². The lowest BCUT2D eigenvalue weighted by molar-refractivity contribution is 0.378. The van der Waals surface area contributed by atoms with Crippen LogP contribution in [0.5, 0.6) is 0 Å². The van der Waals surface area contributed by atoms with Crippen LogP contribution in [0.4, 0.5) is 0 Å². The Bertz CT molecular complexity index is 1130. The smallest absolute Gasteiger partial charge is 0.226 e. The van der Waals surface area contributed by atoms with Gasteiger partial charge >= 0.3 is 0 Å². The Hall–Kier alpha value is -2.45. The van der Waals surface area contributed by atoms with Gasteiger partial charge in [-0.3, -0.25) is 0 Å². The molecule has 2 aromatic carbocycles. The van der Waals surface area contributed by atoms with Crippen molar-refractivity contribution >= 4 is 27.7 Å². The lowest BCUT2D eigenvalue weighted by Crippen LogP contribution is -2.11. The van der Waals surface area contributed by atoms with Gasteiger partial charge in [-0.05, 0) is 24.1 Å². The first-order valence-electron chi connectivity index (χ1n) is 10.1. The number of thioether (sulfide) groups is 1. The molecule has 4 rings (SSSR count). The molecule has 0 saturated carbocycles. The minimum atomic E-state index is -0.166. The minimum absolute atomic E-state index is 0.166. The molecule has 0 saturated heterocycles. The topological polar surface area (TPSA) is 69.6 Å². The molecular formula is C23H24BrN5OS. The predicted molar refractivity (Wildman–Crippen MR) is 126 cm³/mol. The van der Waals surface area contributed by atoms with Crippen molar-refractivity contribution in [2.45, 2.75) is 50.1 Å². The molecule has 0 N–H and O–H groups in total.